The highest BCUT2D eigenvalue weighted by molar-refractivity contribution is 5.04. The zero-order valence-corrected chi connectivity index (χ0v) is 10.9. The summed E-state index contributed by atoms with van der Waals surface area (Å²) in [5.41, 5.74) is 0. The van der Waals surface area contributed by atoms with Gasteiger partial charge in [-0.3, -0.25) is 0 Å². The molecule has 0 amide bonds. The summed E-state index contributed by atoms with van der Waals surface area (Å²) in [5, 5.41) is 12.4. The number of hydrogen-bond donors (Lipinski definition) is 1. The van der Waals surface area contributed by atoms with Gasteiger partial charge >= 0.3 is 0 Å². The van der Waals surface area contributed by atoms with Crippen molar-refractivity contribution in [3.8, 4) is 0 Å². The molecule has 3 unspecified atom stereocenters. The van der Waals surface area contributed by atoms with Crippen molar-refractivity contribution in [2.24, 2.45) is 5.92 Å². The van der Waals surface area contributed by atoms with Crippen molar-refractivity contribution >= 4 is 0 Å². The molecular formula is C14H22N4. The largest absolute Gasteiger partial charge is 0.313 e. The lowest BCUT2D eigenvalue weighted by molar-refractivity contribution is 0.171. The first-order chi connectivity index (χ1) is 8.92. The lowest BCUT2D eigenvalue weighted by atomic mass is 9.77. The highest BCUT2D eigenvalue weighted by Crippen LogP contribution is 2.40. The van der Waals surface area contributed by atoms with Crippen molar-refractivity contribution in [2.45, 2.75) is 69.5 Å². The molecule has 1 aromatic rings. The third-order valence-electron chi connectivity index (χ3n) is 5.00. The zero-order chi connectivity index (χ0) is 11.9. The van der Waals surface area contributed by atoms with E-state index in [1.807, 2.05) is 6.33 Å². The maximum atomic E-state index is 4.39. The summed E-state index contributed by atoms with van der Waals surface area (Å²) >= 11 is 0. The number of fused-ring (bicyclic) bond motifs is 1. The predicted molar refractivity (Wildman–Crippen MR) is 69.1 cm³/mol. The Morgan fingerprint density at radius 1 is 1.06 bits per heavy atom. The molecule has 3 atom stereocenters. The van der Waals surface area contributed by atoms with Gasteiger partial charge in [-0.1, -0.05) is 12.8 Å². The van der Waals surface area contributed by atoms with Gasteiger partial charge in [0.1, 0.15) is 12.2 Å². The Hall–Kier alpha value is -0.900. The smallest absolute Gasteiger partial charge is 0.150 e. The van der Waals surface area contributed by atoms with Gasteiger partial charge in [0.15, 0.2) is 0 Å². The van der Waals surface area contributed by atoms with Crippen LogP contribution in [0.25, 0.3) is 0 Å². The molecular weight excluding hydrogens is 224 g/mol. The second-order valence-electron chi connectivity index (χ2n) is 6.28. The number of hydrogen-bond acceptors (Lipinski definition) is 3. The Kier molecular flexibility index (Phi) is 2.64. The van der Waals surface area contributed by atoms with E-state index in [9.17, 15) is 0 Å². The molecule has 3 fully saturated rings. The predicted octanol–water partition coefficient (Wildman–Crippen LogP) is 2.60. The summed E-state index contributed by atoms with van der Waals surface area (Å²) in [4.78, 5) is 0. The summed E-state index contributed by atoms with van der Waals surface area (Å²) in [6.45, 7) is 0. The fourth-order valence-electron chi connectivity index (χ4n) is 3.83. The molecule has 98 valence electrons. The van der Waals surface area contributed by atoms with E-state index < -0.39 is 0 Å². The fourth-order valence-corrected chi connectivity index (χ4v) is 3.83. The zero-order valence-electron chi connectivity index (χ0n) is 10.9. The molecule has 4 nitrogen and oxygen atoms in total. The molecule has 3 aliphatic rings. The molecule has 2 aliphatic carbocycles. The van der Waals surface area contributed by atoms with Crippen LogP contribution in [0.15, 0.2) is 6.33 Å². The van der Waals surface area contributed by atoms with Crippen LogP contribution < -0.4 is 5.32 Å². The molecule has 0 spiro atoms. The minimum atomic E-state index is 0.451. The maximum Gasteiger partial charge on any atom is 0.150 e. The lowest BCUT2D eigenvalue weighted by Crippen LogP contribution is -2.45. The maximum absolute atomic E-state index is 4.39. The lowest BCUT2D eigenvalue weighted by Gasteiger charge is -2.40. The van der Waals surface area contributed by atoms with Gasteiger partial charge in [-0.15, -0.1) is 10.2 Å². The number of piperidine rings is 1. The number of nitrogens with one attached hydrogen (secondary N) is 1. The van der Waals surface area contributed by atoms with Crippen molar-refractivity contribution in [1.82, 2.24) is 20.1 Å². The van der Waals surface area contributed by atoms with Crippen LogP contribution in [0, 0.1) is 5.92 Å². The van der Waals surface area contributed by atoms with Gasteiger partial charge in [-0.05, 0) is 44.4 Å². The second kappa shape index (κ2) is 4.34. The molecule has 2 heterocycles. The van der Waals surface area contributed by atoms with Crippen LogP contribution in [-0.4, -0.2) is 20.8 Å². The van der Waals surface area contributed by atoms with Crippen LogP contribution in [0.2, 0.25) is 0 Å². The van der Waals surface area contributed by atoms with Crippen LogP contribution in [-0.2, 0) is 0 Å². The van der Waals surface area contributed by atoms with E-state index in [1.165, 1.54) is 57.2 Å². The summed E-state index contributed by atoms with van der Waals surface area (Å²) in [6.07, 6.45) is 12.8. The van der Waals surface area contributed by atoms with Crippen LogP contribution in [0.5, 0.6) is 0 Å². The standard InChI is InChI=1S/C14H22N4/c1-2-4-12-10(3-1)5-8-13(16-12)14-17-15-9-18(14)11-6-7-11/h9-13,16H,1-8H2. The van der Waals surface area contributed by atoms with Gasteiger partial charge in [0, 0.05) is 12.1 Å². The summed E-state index contributed by atoms with van der Waals surface area (Å²) < 4.78 is 2.32. The van der Waals surface area contributed by atoms with Gasteiger partial charge in [0.05, 0.1) is 6.04 Å². The van der Waals surface area contributed by atoms with E-state index in [4.69, 9.17) is 0 Å². The van der Waals surface area contributed by atoms with Crippen molar-refractivity contribution in [3.63, 3.8) is 0 Å². The Morgan fingerprint density at radius 2 is 1.94 bits per heavy atom. The van der Waals surface area contributed by atoms with Crippen LogP contribution in [0.1, 0.15) is 69.3 Å². The molecule has 1 saturated heterocycles. The topological polar surface area (TPSA) is 42.7 Å². The van der Waals surface area contributed by atoms with E-state index in [-0.39, 0.29) is 0 Å². The molecule has 1 N–H and O–H groups in total. The van der Waals surface area contributed by atoms with Gasteiger partial charge in [-0.25, -0.2) is 0 Å². The molecule has 0 aromatic carbocycles. The number of rotatable bonds is 2. The van der Waals surface area contributed by atoms with Crippen LogP contribution in [0.4, 0.5) is 0 Å². The first-order valence-electron chi connectivity index (χ1n) is 7.57. The SMILES string of the molecule is c1nnc(C2CCC3CCCCC3N2)n1C1CC1. The first kappa shape index (κ1) is 11.0. The van der Waals surface area contributed by atoms with Crippen molar-refractivity contribution in [3.05, 3.63) is 12.2 Å². The average molecular weight is 246 g/mol. The van der Waals surface area contributed by atoms with E-state index in [2.05, 4.69) is 20.1 Å². The third-order valence-corrected chi connectivity index (χ3v) is 5.00. The van der Waals surface area contributed by atoms with Crippen LogP contribution >= 0.6 is 0 Å². The molecule has 4 rings (SSSR count). The third kappa shape index (κ3) is 1.87. The molecule has 2 saturated carbocycles. The van der Waals surface area contributed by atoms with Gasteiger partial charge < -0.3 is 9.88 Å². The number of nitrogens with zero attached hydrogens (tertiary/aromatic N) is 3. The molecule has 4 heteroatoms. The highest BCUT2D eigenvalue weighted by Gasteiger charge is 2.35. The monoisotopic (exact) mass is 246 g/mol. The van der Waals surface area contributed by atoms with Crippen molar-refractivity contribution in [2.75, 3.05) is 0 Å². The van der Waals surface area contributed by atoms with E-state index in [1.54, 1.807) is 0 Å². The Bertz CT molecular complexity index is 423. The molecule has 0 bridgehead atoms. The van der Waals surface area contributed by atoms with E-state index in [0.29, 0.717) is 12.1 Å². The number of aromatic nitrogens is 3. The minimum Gasteiger partial charge on any atom is -0.313 e. The Balaban J connectivity index is 1.52. The highest BCUT2D eigenvalue weighted by atomic mass is 15.3. The fraction of sp³-hybridized carbons (Fsp3) is 0.857. The van der Waals surface area contributed by atoms with Gasteiger partial charge in [0.2, 0.25) is 0 Å². The second-order valence-corrected chi connectivity index (χ2v) is 6.28. The van der Waals surface area contributed by atoms with E-state index in [0.717, 1.165) is 12.0 Å². The summed E-state index contributed by atoms with van der Waals surface area (Å²) in [5.74, 6) is 2.12. The van der Waals surface area contributed by atoms with Crippen LogP contribution in [0.3, 0.4) is 0 Å². The first-order valence-corrected chi connectivity index (χ1v) is 7.57. The molecule has 1 aromatic heterocycles. The molecule has 0 radical (unpaired) electrons. The Morgan fingerprint density at radius 3 is 2.83 bits per heavy atom. The van der Waals surface area contributed by atoms with E-state index >= 15 is 0 Å². The molecule has 18 heavy (non-hydrogen) atoms. The Labute approximate surface area is 108 Å². The average Bonchev–Trinajstić information content (AvgIpc) is 3.16. The normalized spacial score (nSPS) is 36.3. The van der Waals surface area contributed by atoms with Crippen molar-refractivity contribution < 1.29 is 0 Å². The quantitative estimate of drug-likeness (QED) is 0.872. The summed E-state index contributed by atoms with van der Waals surface area (Å²) in [6, 6.07) is 1.88. The van der Waals surface area contributed by atoms with Gasteiger partial charge in [-0.2, -0.15) is 0 Å². The minimum absolute atomic E-state index is 0.451. The summed E-state index contributed by atoms with van der Waals surface area (Å²) in [7, 11) is 0. The van der Waals surface area contributed by atoms with Gasteiger partial charge in [0.25, 0.3) is 0 Å². The molecule has 1 aliphatic heterocycles. The van der Waals surface area contributed by atoms with Crippen molar-refractivity contribution in [1.29, 1.82) is 0 Å².